The van der Waals surface area contributed by atoms with E-state index in [1.54, 1.807) is 31.4 Å². The van der Waals surface area contributed by atoms with Crippen LogP contribution in [0.25, 0.3) is 0 Å². The van der Waals surface area contributed by atoms with Crippen molar-refractivity contribution < 1.29 is 14.6 Å². The van der Waals surface area contributed by atoms with Gasteiger partial charge in [-0.25, -0.2) is 4.79 Å². The first-order valence-electron chi connectivity index (χ1n) is 5.37. The summed E-state index contributed by atoms with van der Waals surface area (Å²) in [5.74, 6) is -0.309. The fraction of sp³-hybridized carbons (Fsp3) is 0.0833. The molecule has 2 aromatic rings. The van der Waals surface area contributed by atoms with Crippen LogP contribution in [0.1, 0.15) is 10.4 Å². The van der Waals surface area contributed by atoms with E-state index in [4.69, 9.17) is 15.6 Å². The second-order valence-corrected chi connectivity index (χ2v) is 3.69. The van der Waals surface area contributed by atoms with Gasteiger partial charge in [-0.3, -0.25) is 0 Å². The molecule has 1 aromatic carbocycles. The molecule has 0 unspecified atom stereocenters. The number of hydrogen-bond acceptors (Lipinski definition) is 6. The number of anilines is 3. The Hall–Kier alpha value is -2.83. The number of carboxylic acids is 1. The lowest BCUT2D eigenvalue weighted by atomic mass is 10.2. The highest BCUT2D eigenvalue weighted by Crippen LogP contribution is 2.21. The van der Waals surface area contributed by atoms with Crippen LogP contribution in [0, 0.1) is 0 Å². The average Bonchev–Trinajstić information content (AvgIpc) is 2.41. The lowest BCUT2D eigenvalue weighted by Gasteiger charge is -2.08. The number of methoxy groups -OCH3 is 1. The zero-order valence-electron chi connectivity index (χ0n) is 10.1. The van der Waals surface area contributed by atoms with Crippen molar-refractivity contribution >= 4 is 23.3 Å². The molecule has 0 aliphatic heterocycles. The minimum atomic E-state index is -1.15. The summed E-state index contributed by atoms with van der Waals surface area (Å²) in [5, 5.41) is 19.2. The molecule has 7 nitrogen and oxygen atoms in total. The fourth-order valence-corrected chi connectivity index (χ4v) is 1.48. The second kappa shape index (κ2) is 5.21. The summed E-state index contributed by atoms with van der Waals surface area (Å²) in [7, 11) is 1.56. The topological polar surface area (TPSA) is 110 Å². The summed E-state index contributed by atoms with van der Waals surface area (Å²) in [6.45, 7) is 0. The molecular weight excluding hydrogens is 248 g/mol. The minimum absolute atomic E-state index is 0.0969. The van der Waals surface area contributed by atoms with Gasteiger partial charge in [-0.2, -0.15) is 0 Å². The van der Waals surface area contributed by atoms with Crippen molar-refractivity contribution in [2.75, 3.05) is 18.2 Å². The summed E-state index contributed by atoms with van der Waals surface area (Å²) in [6.07, 6.45) is 0. The Kier molecular flexibility index (Phi) is 3.46. The van der Waals surface area contributed by atoms with Gasteiger partial charge in [0, 0.05) is 17.8 Å². The third-order valence-electron chi connectivity index (χ3n) is 2.40. The molecule has 98 valence electrons. The van der Waals surface area contributed by atoms with Crippen molar-refractivity contribution in [3.05, 3.63) is 35.9 Å². The van der Waals surface area contributed by atoms with Gasteiger partial charge < -0.3 is 20.9 Å². The molecule has 0 saturated heterocycles. The summed E-state index contributed by atoms with van der Waals surface area (Å²) in [4.78, 5) is 10.9. The van der Waals surface area contributed by atoms with Crippen LogP contribution in [0.5, 0.6) is 5.75 Å². The summed E-state index contributed by atoms with van der Waals surface area (Å²) in [5.41, 5.74) is 6.03. The Morgan fingerprint density at radius 2 is 2.16 bits per heavy atom. The quantitative estimate of drug-likeness (QED) is 0.764. The molecule has 0 radical (unpaired) electrons. The lowest BCUT2D eigenvalue weighted by Crippen LogP contribution is -2.07. The molecule has 2 rings (SSSR count). The number of nitrogens with two attached hydrogens (primary N) is 1. The van der Waals surface area contributed by atoms with E-state index in [1.807, 2.05) is 0 Å². The molecule has 0 saturated carbocycles. The molecule has 4 N–H and O–H groups in total. The molecule has 0 bridgehead atoms. The standard InChI is InChI=1S/C12H12N4O3/c1-19-8-4-2-3-7(5-8)14-10-6-9(12(17)18)11(13)16-15-10/h2-6H,1H3,(H2,13,16)(H,14,15)(H,17,18). The first-order chi connectivity index (χ1) is 9.10. The highest BCUT2D eigenvalue weighted by Gasteiger charge is 2.11. The van der Waals surface area contributed by atoms with E-state index >= 15 is 0 Å². The van der Waals surface area contributed by atoms with Gasteiger partial charge in [0.05, 0.1) is 7.11 Å². The molecule has 0 atom stereocenters. The Morgan fingerprint density at radius 1 is 1.37 bits per heavy atom. The predicted octanol–water partition coefficient (Wildman–Crippen LogP) is 1.51. The fourth-order valence-electron chi connectivity index (χ4n) is 1.48. The number of nitrogens with one attached hydrogen (secondary N) is 1. The number of rotatable bonds is 4. The minimum Gasteiger partial charge on any atom is -0.497 e. The van der Waals surface area contributed by atoms with Crippen LogP contribution in [0.2, 0.25) is 0 Å². The van der Waals surface area contributed by atoms with Crippen molar-refractivity contribution in [2.24, 2.45) is 0 Å². The predicted molar refractivity (Wildman–Crippen MR) is 69.7 cm³/mol. The van der Waals surface area contributed by atoms with Crippen LogP contribution in [0.4, 0.5) is 17.3 Å². The van der Waals surface area contributed by atoms with Gasteiger partial charge in [0.1, 0.15) is 11.3 Å². The molecule has 0 aliphatic carbocycles. The van der Waals surface area contributed by atoms with Crippen LogP contribution >= 0.6 is 0 Å². The monoisotopic (exact) mass is 260 g/mol. The Bertz CT molecular complexity index is 616. The van der Waals surface area contributed by atoms with Gasteiger partial charge in [-0.05, 0) is 12.1 Å². The number of aromatic carboxylic acids is 1. The van der Waals surface area contributed by atoms with E-state index < -0.39 is 5.97 Å². The van der Waals surface area contributed by atoms with Crippen molar-refractivity contribution in [3.8, 4) is 5.75 Å². The van der Waals surface area contributed by atoms with Crippen molar-refractivity contribution in [2.45, 2.75) is 0 Å². The van der Waals surface area contributed by atoms with Crippen LogP contribution in [0.15, 0.2) is 30.3 Å². The number of benzene rings is 1. The van der Waals surface area contributed by atoms with Crippen molar-refractivity contribution in [3.63, 3.8) is 0 Å². The van der Waals surface area contributed by atoms with Crippen molar-refractivity contribution in [1.29, 1.82) is 0 Å². The van der Waals surface area contributed by atoms with Gasteiger partial charge in [0.2, 0.25) is 0 Å². The van der Waals surface area contributed by atoms with E-state index in [-0.39, 0.29) is 11.4 Å². The third-order valence-corrected chi connectivity index (χ3v) is 2.40. The van der Waals surface area contributed by atoms with Crippen LogP contribution in [0.3, 0.4) is 0 Å². The maximum absolute atomic E-state index is 10.9. The van der Waals surface area contributed by atoms with Crippen LogP contribution < -0.4 is 15.8 Å². The zero-order valence-corrected chi connectivity index (χ0v) is 10.1. The number of carboxylic acid groups (broad SMARTS) is 1. The molecule has 0 amide bonds. The maximum atomic E-state index is 10.9. The largest absolute Gasteiger partial charge is 0.497 e. The summed E-state index contributed by atoms with van der Waals surface area (Å²) >= 11 is 0. The highest BCUT2D eigenvalue weighted by atomic mass is 16.5. The van der Waals surface area contributed by atoms with Crippen LogP contribution in [-0.4, -0.2) is 28.4 Å². The van der Waals surface area contributed by atoms with Crippen molar-refractivity contribution in [1.82, 2.24) is 10.2 Å². The molecule has 7 heteroatoms. The molecular formula is C12H12N4O3. The normalized spacial score (nSPS) is 9.95. The Labute approximate surface area is 109 Å². The van der Waals surface area contributed by atoms with E-state index in [0.717, 1.165) is 0 Å². The number of nitrogens with zero attached hydrogens (tertiary/aromatic N) is 2. The molecule has 0 fully saturated rings. The molecule has 1 heterocycles. The Balaban J connectivity index is 2.28. The zero-order chi connectivity index (χ0) is 13.8. The maximum Gasteiger partial charge on any atom is 0.339 e. The number of hydrogen-bond donors (Lipinski definition) is 3. The molecule has 19 heavy (non-hydrogen) atoms. The SMILES string of the molecule is COc1cccc(Nc2cc(C(=O)O)c(N)nn2)c1. The van der Waals surface area contributed by atoms with Gasteiger partial charge in [0.15, 0.2) is 11.6 Å². The number of nitrogen functional groups attached to an aromatic ring is 1. The highest BCUT2D eigenvalue weighted by molar-refractivity contribution is 5.93. The van der Waals surface area contributed by atoms with Gasteiger partial charge in [0.25, 0.3) is 0 Å². The first-order valence-corrected chi connectivity index (χ1v) is 5.37. The van der Waals surface area contributed by atoms with Gasteiger partial charge in [-0.15, -0.1) is 10.2 Å². The third kappa shape index (κ3) is 2.89. The number of aromatic nitrogens is 2. The summed E-state index contributed by atoms with van der Waals surface area (Å²) < 4.78 is 5.08. The Morgan fingerprint density at radius 3 is 2.84 bits per heavy atom. The molecule has 1 aromatic heterocycles. The average molecular weight is 260 g/mol. The van der Waals surface area contributed by atoms with E-state index in [9.17, 15) is 4.79 Å². The van der Waals surface area contributed by atoms with E-state index in [0.29, 0.717) is 17.3 Å². The van der Waals surface area contributed by atoms with Gasteiger partial charge >= 0.3 is 5.97 Å². The summed E-state index contributed by atoms with van der Waals surface area (Å²) in [6, 6.07) is 8.45. The molecule has 0 aliphatic rings. The van der Waals surface area contributed by atoms with Gasteiger partial charge in [-0.1, -0.05) is 6.07 Å². The number of carbonyl (C=O) groups is 1. The lowest BCUT2D eigenvalue weighted by molar-refractivity contribution is 0.0697. The van der Waals surface area contributed by atoms with E-state index in [2.05, 4.69) is 15.5 Å². The number of ether oxygens (including phenoxy) is 1. The van der Waals surface area contributed by atoms with Crippen LogP contribution in [-0.2, 0) is 0 Å². The second-order valence-electron chi connectivity index (χ2n) is 3.69. The first kappa shape index (κ1) is 12.6. The van der Waals surface area contributed by atoms with E-state index in [1.165, 1.54) is 6.07 Å². The molecule has 0 spiro atoms. The smallest absolute Gasteiger partial charge is 0.339 e.